The molecule has 1 heterocycles. The van der Waals surface area contributed by atoms with Gasteiger partial charge in [-0.25, -0.2) is 0 Å². The van der Waals surface area contributed by atoms with Gasteiger partial charge in [-0.3, -0.25) is 0 Å². The van der Waals surface area contributed by atoms with Crippen LogP contribution in [0.4, 0.5) is 0 Å². The van der Waals surface area contributed by atoms with Crippen LogP contribution in [0.3, 0.4) is 0 Å². The number of hydrogen-bond donors (Lipinski definition) is 0. The molecule has 118 valence electrons. The van der Waals surface area contributed by atoms with Crippen LogP contribution in [-0.4, -0.2) is 42.1 Å². The number of nitrogens with zero attached hydrogens (tertiary/aromatic N) is 1. The van der Waals surface area contributed by atoms with Gasteiger partial charge in [-0.2, -0.15) is 0 Å². The third kappa shape index (κ3) is 5.98. The molecule has 2 rings (SSSR count). The second kappa shape index (κ2) is 9.25. The van der Waals surface area contributed by atoms with Crippen molar-refractivity contribution in [3.05, 3.63) is 39.5 Å². The van der Waals surface area contributed by atoms with E-state index in [1.807, 2.05) is 12.2 Å². The first-order valence-corrected chi connectivity index (χ1v) is 14.1. The Morgan fingerprint density at radius 2 is 2.24 bits per heavy atom. The molecule has 2 nitrogen and oxygen atoms in total. The van der Waals surface area contributed by atoms with Gasteiger partial charge < -0.3 is 0 Å². The standard InChI is InChI=1S/C17H24I2NO/c1-3-18-16-7-4-6-15(14-16)8-9-17(21)19-10-5-12-20(2)13-11-19/h4,6-9,14H,3,5,10-13H2,1-2H3/q-1/b9-8+. The minimum atomic E-state index is -1.42. The molecular formula is C17H24I2NO-. The molecule has 0 bridgehead atoms. The van der Waals surface area contributed by atoms with Crippen LogP contribution in [0.15, 0.2) is 30.3 Å². The molecular weight excluding hydrogens is 488 g/mol. The van der Waals surface area contributed by atoms with Crippen LogP contribution < -0.4 is 21.2 Å². The Bertz CT molecular complexity index is 501. The molecule has 0 aliphatic carbocycles. The molecule has 1 aromatic carbocycles. The number of carbonyl (C=O) groups excluding carboxylic acids is 1. The van der Waals surface area contributed by atoms with Crippen LogP contribution in [0.2, 0.25) is 0 Å². The summed E-state index contributed by atoms with van der Waals surface area (Å²) in [5, 5.41) is 0. The SMILES string of the molecule is CC[I-]c1cccc(/C=C/C(=O)I2CCCN(C)CC2)c1. The summed E-state index contributed by atoms with van der Waals surface area (Å²) >= 11 is -1.27. The second-order valence-electron chi connectivity index (χ2n) is 5.08. The van der Waals surface area contributed by atoms with Gasteiger partial charge in [0.2, 0.25) is 0 Å². The van der Waals surface area contributed by atoms with Gasteiger partial charge >= 0.3 is 147 Å². The van der Waals surface area contributed by atoms with Crippen molar-refractivity contribution in [2.75, 3.05) is 33.4 Å². The van der Waals surface area contributed by atoms with Crippen LogP contribution >= 0.6 is 19.8 Å². The van der Waals surface area contributed by atoms with Gasteiger partial charge in [0.05, 0.1) is 0 Å². The van der Waals surface area contributed by atoms with Gasteiger partial charge in [0, 0.05) is 0 Å². The Morgan fingerprint density at radius 3 is 3.05 bits per heavy atom. The van der Waals surface area contributed by atoms with E-state index in [2.05, 4.69) is 43.1 Å². The maximum absolute atomic E-state index is 12.4. The summed E-state index contributed by atoms with van der Waals surface area (Å²) in [6, 6.07) is 8.70. The summed E-state index contributed by atoms with van der Waals surface area (Å²) in [7, 11) is 2.17. The zero-order chi connectivity index (χ0) is 15.1. The summed E-state index contributed by atoms with van der Waals surface area (Å²) in [4.78, 5) is 14.8. The molecule has 1 aliphatic rings. The fourth-order valence-corrected chi connectivity index (χ4v) is 9.11. The molecule has 1 aromatic rings. The molecule has 0 amide bonds. The third-order valence-corrected chi connectivity index (χ3v) is 11.4. The minimum absolute atomic E-state index is 0.150. The van der Waals surface area contributed by atoms with E-state index in [9.17, 15) is 4.79 Å². The number of rotatable bonds is 5. The van der Waals surface area contributed by atoms with Crippen molar-refractivity contribution in [2.24, 2.45) is 0 Å². The van der Waals surface area contributed by atoms with Crippen LogP contribution in [0.5, 0.6) is 0 Å². The van der Waals surface area contributed by atoms with Crippen LogP contribution in [-0.2, 0) is 4.79 Å². The van der Waals surface area contributed by atoms with E-state index in [1.54, 1.807) is 0 Å². The number of alkyl halides is 3. The van der Waals surface area contributed by atoms with Gasteiger partial charge in [-0.15, -0.1) is 0 Å². The molecule has 1 saturated heterocycles. The number of hydrogen-bond acceptors (Lipinski definition) is 2. The van der Waals surface area contributed by atoms with Crippen molar-refractivity contribution < 1.29 is 26.0 Å². The van der Waals surface area contributed by atoms with Crippen molar-refractivity contribution in [1.29, 1.82) is 0 Å². The molecule has 0 N–H and O–H groups in total. The van der Waals surface area contributed by atoms with E-state index < -0.39 is 19.8 Å². The molecule has 1 aliphatic heterocycles. The third-order valence-electron chi connectivity index (χ3n) is 3.40. The van der Waals surface area contributed by atoms with E-state index in [4.69, 9.17) is 0 Å². The zero-order valence-corrected chi connectivity index (χ0v) is 17.1. The number of carbonyl (C=O) groups is 1. The Morgan fingerprint density at radius 1 is 1.38 bits per heavy atom. The Kier molecular flexibility index (Phi) is 7.66. The van der Waals surface area contributed by atoms with Gasteiger partial charge in [0.15, 0.2) is 0 Å². The fraction of sp³-hybridized carbons (Fsp3) is 0.471. The van der Waals surface area contributed by atoms with E-state index in [0.717, 1.165) is 17.5 Å². The molecule has 0 aromatic heterocycles. The topological polar surface area (TPSA) is 20.3 Å². The number of allylic oxidation sites excluding steroid dienone is 1. The first kappa shape index (κ1) is 17.4. The normalized spacial score (nSPS) is 19.0. The second-order valence-corrected chi connectivity index (χ2v) is 14.4. The molecule has 1 fully saturated rings. The van der Waals surface area contributed by atoms with Gasteiger partial charge in [0.25, 0.3) is 0 Å². The summed E-state index contributed by atoms with van der Waals surface area (Å²) in [5.41, 5.74) is 1.19. The van der Waals surface area contributed by atoms with Crippen molar-refractivity contribution >= 4 is 29.7 Å². The zero-order valence-electron chi connectivity index (χ0n) is 12.8. The molecule has 0 saturated carbocycles. The first-order valence-electron chi connectivity index (χ1n) is 7.40. The molecule has 0 unspecified atom stereocenters. The average Bonchev–Trinajstić information content (AvgIpc) is 2.70. The molecule has 0 radical (unpaired) electrons. The number of halogens is 2. The Labute approximate surface area is 146 Å². The monoisotopic (exact) mass is 512 g/mol. The Hall–Kier alpha value is 0.0500. The van der Waals surface area contributed by atoms with Gasteiger partial charge in [-0.05, 0) is 0 Å². The maximum atomic E-state index is 12.4. The first-order chi connectivity index (χ1) is 10.2. The van der Waals surface area contributed by atoms with E-state index in [0.29, 0.717) is 3.79 Å². The van der Waals surface area contributed by atoms with E-state index in [-0.39, 0.29) is 21.2 Å². The Balaban J connectivity index is 1.96. The van der Waals surface area contributed by atoms with Crippen molar-refractivity contribution in [3.8, 4) is 0 Å². The van der Waals surface area contributed by atoms with Crippen LogP contribution in [0.1, 0.15) is 18.9 Å². The van der Waals surface area contributed by atoms with Crippen LogP contribution in [0.25, 0.3) is 6.08 Å². The molecule has 0 spiro atoms. The van der Waals surface area contributed by atoms with E-state index in [1.165, 1.54) is 24.4 Å². The quantitative estimate of drug-likeness (QED) is 0.246. The number of benzene rings is 1. The molecule has 0 atom stereocenters. The van der Waals surface area contributed by atoms with Gasteiger partial charge in [0.1, 0.15) is 0 Å². The van der Waals surface area contributed by atoms with Crippen molar-refractivity contribution in [3.63, 3.8) is 0 Å². The summed E-state index contributed by atoms with van der Waals surface area (Å²) in [6.45, 7) is 4.52. The molecule has 4 heteroatoms. The average molecular weight is 512 g/mol. The fourth-order valence-electron chi connectivity index (χ4n) is 2.23. The summed E-state index contributed by atoms with van der Waals surface area (Å²) < 4.78 is 5.56. The van der Waals surface area contributed by atoms with Crippen molar-refractivity contribution in [1.82, 2.24) is 4.90 Å². The van der Waals surface area contributed by atoms with Crippen molar-refractivity contribution in [2.45, 2.75) is 13.3 Å². The van der Waals surface area contributed by atoms with Gasteiger partial charge in [-0.1, -0.05) is 0 Å². The summed E-state index contributed by atoms with van der Waals surface area (Å²) in [5.74, 6) is 0. The van der Waals surface area contributed by atoms with E-state index >= 15 is 0 Å². The predicted molar refractivity (Wildman–Crippen MR) is 95.6 cm³/mol. The summed E-state index contributed by atoms with van der Waals surface area (Å²) in [6.07, 6.45) is 5.12. The van der Waals surface area contributed by atoms with Crippen LogP contribution in [0, 0.1) is 3.57 Å². The molecule has 21 heavy (non-hydrogen) atoms. The predicted octanol–water partition coefficient (Wildman–Crippen LogP) is 0.347.